The van der Waals surface area contributed by atoms with Gasteiger partial charge < -0.3 is 14.7 Å². The predicted molar refractivity (Wildman–Crippen MR) is 73.5 cm³/mol. The molecule has 1 atom stereocenters. The van der Waals surface area contributed by atoms with E-state index in [0.29, 0.717) is 24.5 Å². The zero-order chi connectivity index (χ0) is 14.5. The molecule has 0 bridgehead atoms. The van der Waals surface area contributed by atoms with E-state index in [1.165, 1.54) is 0 Å². The maximum absolute atomic E-state index is 11.8. The van der Waals surface area contributed by atoms with E-state index in [0.717, 1.165) is 5.56 Å². The summed E-state index contributed by atoms with van der Waals surface area (Å²) in [5.41, 5.74) is 0.876. The number of hydrogen-bond donors (Lipinski definition) is 1. The van der Waals surface area contributed by atoms with Crippen molar-refractivity contribution in [1.29, 1.82) is 0 Å². The Labute approximate surface area is 122 Å². The Morgan fingerprint density at radius 2 is 2.20 bits per heavy atom. The van der Waals surface area contributed by atoms with E-state index in [1.807, 2.05) is 18.2 Å². The van der Waals surface area contributed by atoms with E-state index >= 15 is 0 Å². The highest BCUT2D eigenvalue weighted by Crippen LogP contribution is 2.20. The molecule has 0 spiro atoms. The molecule has 0 aliphatic carbocycles. The van der Waals surface area contributed by atoms with Crippen molar-refractivity contribution in [2.75, 3.05) is 13.2 Å². The fourth-order valence-corrected chi connectivity index (χ4v) is 2.32. The lowest BCUT2D eigenvalue weighted by Crippen LogP contribution is -2.46. The minimum Gasteiger partial charge on any atom is -0.481 e. The number of ether oxygens (including phenoxy) is 1. The maximum Gasteiger partial charge on any atom is 0.303 e. The van der Waals surface area contributed by atoms with Crippen molar-refractivity contribution >= 4 is 23.5 Å². The van der Waals surface area contributed by atoms with Crippen LogP contribution in [0.15, 0.2) is 24.3 Å². The molecule has 1 heterocycles. The van der Waals surface area contributed by atoms with Crippen molar-refractivity contribution in [3.63, 3.8) is 0 Å². The van der Waals surface area contributed by atoms with Gasteiger partial charge in [0.05, 0.1) is 6.10 Å². The standard InChI is InChI=1S/C14H16ClNO4/c15-12-4-2-1-3-10(12)7-16-8-11(5-6-14(18)19)20-9-13(16)17/h1-4,11H,5-9H2,(H,18,19). The molecule has 1 aromatic rings. The Kier molecular flexibility index (Phi) is 4.98. The van der Waals surface area contributed by atoms with Crippen LogP contribution in [0.1, 0.15) is 18.4 Å². The molecule has 20 heavy (non-hydrogen) atoms. The van der Waals surface area contributed by atoms with Crippen LogP contribution in [-0.4, -0.2) is 41.1 Å². The van der Waals surface area contributed by atoms with Crippen LogP contribution < -0.4 is 0 Å². The number of carbonyl (C=O) groups is 2. The van der Waals surface area contributed by atoms with Crippen LogP contribution in [0.2, 0.25) is 5.02 Å². The molecule has 108 valence electrons. The fourth-order valence-electron chi connectivity index (χ4n) is 2.12. The highest BCUT2D eigenvalue weighted by atomic mass is 35.5. The van der Waals surface area contributed by atoms with Gasteiger partial charge in [-0.1, -0.05) is 29.8 Å². The number of carboxylic acids is 1. The lowest BCUT2D eigenvalue weighted by Gasteiger charge is -2.32. The van der Waals surface area contributed by atoms with E-state index in [2.05, 4.69) is 0 Å². The second-order valence-corrected chi connectivity index (χ2v) is 5.14. The zero-order valence-corrected chi connectivity index (χ0v) is 11.7. The van der Waals surface area contributed by atoms with Gasteiger partial charge in [-0.05, 0) is 18.1 Å². The van der Waals surface area contributed by atoms with Gasteiger partial charge in [-0.25, -0.2) is 0 Å². The lowest BCUT2D eigenvalue weighted by atomic mass is 10.1. The first-order chi connectivity index (χ1) is 9.56. The first kappa shape index (κ1) is 14.8. The maximum atomic E-state index is 11.8. The SMILES string of the molecule is O=C(O)CCC1CN(Cc2ccccc2Cl)C(=O)CO1. The van der Waals surface area contributed by atoms with Gasteiger partial charge in [0.15, 0.2) is 0 Å². The van der Waals surface area contributed by atoms with Crippen molar-refractivity contribution in [2.45, 2.75) is 25.5 Å². The van der Waals surface area contributed by atoms with E-state index in [-0.39, 0.29) is 25.0 Å². The Hall–Kier alpha value is -1.59. The smallest absolute Gasteiger partial charge is 0.303 e. The summed E-state index contributed by atoms with van der Waals surface area (Å²) >= 11 is 6.08. The Morgan fingerprint density at radius 3 is 2.90 bits per heavy atom. The second kappa shape index (κ2) is 6.72. The molecule has 1 amide bonds. The van der Waals surface area contributed by atoms with Gasteiger partial charge in [-0.15, -0.1) is 0 Å². The summed E-state index contributed by atoms with van der Waals surface area (Å²) < 4.78 is 5.35. The number of rotatable bonds is 5. The fraction of sp³-hybridized carbons (Fsp3) is 0.429. The minimum atomic E-state index is -0.858. The molecule has 1 fully saturated rings. The van der Waals surface area contributed by atoms with E-state index in [9.17, 15) is 9.59 Å². The number of nitrogens with zero attached hydrogens (tertiary/aromatic N) is 1. The summed E-state index contributed by atoms with van der Waals surface area (Å²) in [6.07, 6.45) is 0.215. The summed E-state index contributed by atoms with van der Waals surface area (Å²) in [5, 5.41) is 9.30. The zero-order valence-electron chi connectivity index (χ0n) is 10.9. The van der Waals surface area contributed by atoms with Crippen molar-refractivity contribution < 1.29 is 19.4 Å². The molecule has 1 unspecified atom stereocenters. The van der Waals surface area contributed by atoms with Crippen molar-refractivity contribution in [3.8, 4) is 0 Å². The van der Waals surface area contributed by atoms with Gasteiger partial charge >= 0.3 is 5.97 Å². The number of aliphatic carboxylic acids is 1. The number of carbonyl (C=O) groups excluding carboxylic acids is 1. The van der Waals surface area contributed by atoms with Gasteiger partial charge in [0.1, 0.15) is 6.61 Å². The quantitative estimate of drug-likeness (QED) is 0.902. The first-order valence-corrected chi connectivity index (χ1v) is 6.78. The van der Waals surface area contributed by atoms with Crippen molar-refractivity contribution in [3.05, 3.63) is 34.9 Å². The predicted octanol–water partition coefficient (Wildman–Crippen LogP) is 1.93. The molecule has 0 saturated carbocycles. The van der Waals surface area contributed by atoms with Crippen LogP contribution in [0, 0.1) is 0 Å². The summed E-state index contributed by atoms with van der Waals surface area (Å²) in [7, 11) is 0. The number of hydrogen-bond acceptors (Lipinski definition) is 3. The summed E-state index contributed by atoms with van der Waals surface area (Å²) in [6, 6.07) is 7.36. The third-order valence-electron chi connectivity index (χ3n) is 3.22. The average molecular weight is 298 g/mol. The van der Waals surface area contributed by atoms with E-state index < -0.39 is 5.97 Å². The largest absolute Gasteiger partial charge is 0.481 e. The second-order valence-electron chi connectivity index (χ2n) is 4.73. The molecule has 0 aromatic heterocycles. The van der Waals surface area contributed by atoms with Crippen molar-refractivity contribution in [2.24, 2.45) is 0 Å². The molecule has 6 heteroatoms. The molecule has 2 rings (SSSR count). The van der Waals surface area contributed by atoms with Gasteiger partial charge in [0.25, 0.3) is 0 Å². The molecule has 0 radical (unpaired) electrons. The van der Waals surface area contributed by atoms with Gasteiger partial charge in [-0.3, -0.25) is 9.59 Å². The van der Waals surface area contributed by atoms with Gasteiger partial charge in [-0.2, -0.15) is 0 Å². The van der Waals surface area contributed by atoms with Crippen LogP contribution in [0.3, 0.4) is 0 Å². The van der Waals surface area contributed by atoms with E-state index in [4.69, 9.17) is 21.4 Å². The Morgan fingerprint density at radius 1 is 1.45 bits per heavy atom. The summed E-state index contributed by atoms with van der Waals surface area (Å²) in [4.78, 5) is 24.1. The molecule has 1 aliphatic heterocycles. The van der Waals surface area contributed by atoms with E-state index in [1.54, 1.807) is 11.0 Å². The molecule has 1 N–H and O–H groups in total. The summed E-state index contributed by atoms with van der Waals surface area (Å²) in [6.45, 7) is 0.817. The number of amides is 1. The molecule has 1 saturated heterocycles. The molecule has 1 aliphatic rings. The number of benzene rings is 1. The normalized spacial score (nSPS) is 19.1. The van der Waals surface area contributed by atoms with Gasteiger partial charge in [0, 0.05) is 24.5 Å². The Bertz CT molecular complexity index is 506. The van der Waals surface area contributed by atoms with Crippen LogP contribution in [0.25, 0.3) is 0 Å². The molecular weight excluding hydrogens is 282 g/mol. The number of morpholine rings is 1. The molecular formula is C14H16ClNO4. The minimum absolute atomic E-state index is 0.00522. The van der Waals surface area contributed by atoms with Gasteiger partial charge in [0.2, 0.25) is 5.91 Å². The third-order valence-corrected chi connectivity index (χ3v) is 3.59. The summed E-state index contributed by atoms with van der Waals surface area (Å²) in [5.74, 6) is -0.959. The van der Waals surface area contributed by atoms with Crippen LogP contribution in [0.5, 0.6) is 0 Å². The molecule has 1 aromatic carbocycles. The lowest BCUT2D eigenvalue weighted by molar-refractivity contribution is -0.150. The number of halogens is 1. The topological polar surface area (TPSA) is 66.8 Å². The number of carboxylic acid groups (broad SMARTS) is 1. The van der Waals surface area contributed by atoms with Crippen LogP contribution in [0.4, 0.5) is 0 Å². The highest BCUT2D eigenvalue weighted by molar-refractivity contribution is 6.31. The van der Waals surface area contributed by atoms with Crippen LogP contribution in [-0.2, 0) is 20.9 Å². The monoisotopic (exact) mass is 297 g/mol. The highest BCUT2D eigenvalue weighted by Gasteiger charge is 2.26. The average Bonchev–Trinajstić information content (AvgIpc) is 2.42. The third kappa shape index (κ3) is 3.95. The van der Waals surface area contributed by atoms with Crippen LogP contribution >= 0.6 is 11.6 Å². The van der Waals surface area contributed by atoms with Crippen molar-refractivity contribution in [1.82, 2.24) is 4.90 Å². The Balaban J connectivity index is 1.97. The first-order valence-electron chi connectivity index (χ1n) is 6.41. The molecule has 5 nitrogen and oxygen atoms in total.